The highest BCUT2D eigenvalue weighted by Gasteiger charge is 2.29. The molecule has 2 saturated heterocycles. The Morgan fingerprint density at radius 1 is 0.966 bits per heavy atom. The summed E-state index contributed by atoms with van der Waals surface area (Å²) in [7, 11) is 1.61. The van der Waals surface area contributed by atoms with Crippen molar-refractivity contribution in [2.24, 2.45) is 11.8 Å². The molecule has 0 saturated carbocycles. The number of piperidine rings is 1. The first-order valence-electron chi connectivity index (χ1n) is 10.2. The van der Waals surface area contributed by atoms with Crippen LogP contribution in [-0.2, 0) is 0 Å². The third kappa shape index (κ3) is 4.50. The van der Waals surface area contributed by atoms with E-state index in [9.17, 15) is 0 Å². The first kappa shape index (κ1) is 20.0. The van der Waals surface area contributed by atoms with Crippen molar-refractivity contribution in [1.29, 1.82) is 0 Å². The first-order valence-corrected chi connectivity index (χ1v) is 10.6. The van der Waals surface area contributed by atoms with E-state index in [4.69, 9.17) is 21.1 Å². The number of methoxy groups -OCH3 is 1. The fourth-order valence-corrected chi connectivity index (χ4v) is 4.34. The Morgan fingerprint density at radius 2 is 1.76 bits per heavy atom. The predicted molar refractivity (Wildman–Crippen MR) is 114 cm³/mol. The zero-order valence-corrected chi connectivity index (χ0v) is 18.0. The minimum atomic E-state index is 0.0979. The molecule has 0 aliphatic carbocycles. The molecule has 3 atom stereocenters. The quantitative estimate of drug-likeness (QED) is 0.735. The topological polar surface area (TPSA) is 63.6 Å². The molecule has 0 N–H and O–H groups in total. The van der Waals surface area contributed by atoms with Crippen LogP contribution in [0.5, 0.6) is 11.8 Å². The van der Waals surface area contributed by atoms with Crippen LogP contribution < -0.4 is 19.3 Å². The van der Waals surface area contributed by atoms with E-state index in [1.165, 1.54) is 6.42 Å². The van der Waals surface area contributed by atoms with Gasteiger partial charge in [0.2, 0.25) is 11.8 Å². The maximum absolute atomic E-state index is 6.36. The monoisotopic (exact) mass is 417 g/mol. The maximum atomic E-state index is 6.36. The van der Waals surface area contributed by atoms with Gasteiger partial charge in [-0.1, -0.05) is 25.4 Å². The molecule has 156 valence electrons. The van der Waals surface area contributed by atoms with E-state index in [2.05, 4.69) is 38.6 Å². The van der Waals surface area contributed by atoms with Gasteiger partial charge in [-0.25, -0.2) is 15.0 Å². The molecule has 2 aromatic rings. The van der Waals surface area contributed by atoms with E-state index in [-0.39, 0.29) is 6.10 Å². The van der Waals surface area contributed by atoms with Gasteiger partial charge in [-0.2, -0.15) is 0 Å². The largest absolute Gasteiger partial charge is 0.481 e. The van der Waals surface area contributed by atoms with E-state index in [0.717, 1.165) is 44.1 Å². The van der Waals surface area contributed by atoms with Crippen LogP contribution in [-0.4, -0.2) is 54.3 Å². The molecule has 0 bridgehead atoms. The third-order valence-corrected chi connectivity index (χ3v) is 6.11. The summed E-state index contributed by atoms with van der Waals surface area (Å²) >= 11 is 6.36. The lowest BCUT2D eigenvalue weighted by Crippen LogP contribution is -2.44. The summed E-state index contributed by atoms with van der Waals surface area (Å²) in [5.41, 5.74) is 0.952. The highest BCUT2D eigenvalue weighted by Crippen LogP contribution is 2.32. The van der Waals surface area contributed by atoms with Crippen molar-refractivity contribution in [3.8, 4) is 11.8 Å². The number of hydrogen-bond donors (Lipinski definition) is 0. The summed E-state index contributed by atoms with van der Waals surface area (Å²) in [6.45, 7) is 8.25. The second kappa shape index (κ2) is 8.61. The van der Waals surface area contributed by atoms with Gasteiger partial charge < -0.3 is 19.3 Å². The number of halogens is 1. The minimum absolute atomic E-state index is 0.0979. The van der Waals surface area contributed by atoms with Crippen molar-refractivity contribution in [3.63, 3.8) is 0 Å². The molecule has 0 amide bonds. The van der Waals surface area contributed by atoms with E-state index in [1.54, 1.807) is 19.5 Å². The van der Waals surface area contributed by atoms with Crippen LogP contribution in [0, 0.1) is 11.8 Å². The standard InChI is InChI=1S/C21H28ClN5O2/c1-14-4-6-27(12-14)19-10-25-21(11-23-19)29-18-5-7-26(13-15(18)2)17-8-20(28-3)24-9-16(17)22/h8-11,14-15,18H,4-7,12-13H2,1-3H3/t14?,15?,18-/m1/s1. The van der Waals surface area contributed by atoms with Crippen LogP contribution >= 0.6 is 11.6 Å². The van der Waals surface area contributed by atoms with Gasteiger partial charge >= 0.3 is 0 Å². The summed E-state index contributed by atoms with van der Waals surface area (Å²) in [6.07, 6.45) is 7.42. The van der Waals surface area contributed by atoms with Gasteiger partial charge in [-0.3, -0.25) is 0 Å². The number of aromatic nitrogens is 3. The number of hydrogen-bond acceptors (Lipinski definition) is 7. The van der Waals surface area contributed by atoms with Gasteiger partial charge in [-0.05, 0) is 12.3 Å². The predicted octanol–water partition coefficient (Wildman–Crippen LogP) is 3.67. The minimum Gasteiger partial charge on any atom is -0.481 e. The van der Waals surface area contributed by atoms with Gasteiger partial charge in [-0.15, -0.1) is 0 Å². The Balaban J connectivity index is 1.37. The SMILES string of the molecule is COc1cc(N2CC[C@@H](Oc3cnc(N4CCC(C)C4)cn3)C(C)C2)c(Cl)cn1. The summed E-state index contributed by atoms with van der Waals surface area (Å²) < 4.78 is 11.4. The second-order valence-corrected chi connectivity index (χ2v) is 8.51. The van der Waals surface area contributed by atoms with E-state index in [0.29, 0.717) is 28.6 Å². The summed E-state index contributed by atoms with van der Waals surface area (Å²) in [4.78, 5) is 17.8. The molecule has 2 aromatic heterocycles. The number of ether oxygens (including phenoxy) is 2. The maximum Gasteiger partial charge on any atom is 0.232 e. The molecule has 29 heavy (non-hydrogen) atoms. The highest BCUT2D eigenvalue weighted by atomic mass is 35.5. The van der Waals surface area contributed by atoms with Gasteiger partial charge in [0.15, 0.2) is 0 Å². The molecule has 0 spiro atoms. The smallest absolute Gasteiger partial charge is 0.232 e. The number of nitrogens with zero attached hydrogens (tertiary/aromatic N) is 5. The Bertz CT molecular complexity index is 834. The van der Waals surface area contributed by atoms with Crippen molar-refractivity contribution in [2.75, 3.05) is 43.1 Å². The second-order valence-electron chi connectivity index (χ2n) is 8.10. The molecule has 4 rings (SSSR count). The Morgan fingerprint density at radius 3 is 2.41 bits per heavy atom. The van der Waals surface area contributed by atoms with Crippen molar-refractivity contribution in [1.82, 2.24) is 15.0 Å². The fourth-order valence-electron chi connectivity index (χ4n) is 4.11. The summed E-state index contributed by atoms with van der Waals surface area (Å²) in [5, 5.41) is 0.634. The molecule has 4 heterocycles. The summed E-state index contributed by atoms with van der Waals surface area (Å²) in [6, 6.07) is 1.89. The van der Waals surface area contributed by atoms with Crippen molar-refractivity contribution >= 4 is 23.1 Å². The Hall–Kier alpha value is -2.28. The van der Waals surface area contributed by atoms with Gasteiger partial charge in [0.25, 0.3) is 0 Å². The zero-order valence-electron chi connectivity index (χ0n) is 17.2. The lowest BCUT2D eigenvalue weighted by Gasteiger charge is -2.38. The van der Waals surface area contributed by atoms with E-state index in [1.807, 2.05) is 12.3 Å². The Kier molecular flexibility index (Phi) is 5.94. The molecule has 8 heteroatoms. The van der Waals surface area contributed by atoms with Crippen LogP contribution in [0.15, 0.2) is 24.7 Å². The van der Waals surface area contributed by atoms with Crippen LogP contribution in [0.3, 0.4) is 0 Å². The molecule has 2 unspecified atom stereocenters. The molecular weight excluding hydrogens is 390 g/mol. The van der Waals surface area contributed by atoms with Crippen LogP contribution in [0.25, 0.3) is 0 Å². The molecule has 0 aromatic carbocycles. The number of pyridine rings is 1. The van der Waals surface area contributed by atoms with Gasteiger partial charge in [0.1, 0.15) is 11.9 Å². The number of anilines is 2. The summed E-state index contributed by atoms with van der Waals surface area (Å²) in [5.74, 6) is 3.13. The van der Waals surface area contributed by atoms with Crippen molar-refractivity contribution in [3.05, 3.63) is 29.7 Å². The Labute approximate surface area is 177 Å². The molecular formula is C21H28ClN5O2. The van der Waals surface area contributed by atoms with Crippen LogP contribution in [0.4, 0.5) is 11.5 Å². The van der Waals surface area contributed by atoms with Crippen molar-refractivity contribution < 1.29 is 9.47 Å². The highest BCUT2D eigenvalue weighted by molar-refractivity contribution is 6.33. The lowest BCUT2D eigenvalue weighted by molar-refractivity contribution is 0.115. The molecule has 2 aliphatic rings. The van der Waals surface area contributed by atoms with Crippen molar-refractivity contribution in [2.45, 2.75) is 32.8 Å². The average molecular weight is 418 g/mol. The molecule has 7 nitrogen and oxygen atoms in total. The van der Waals surface area contributed by atoms with Gasteiger partial charge in [0, 0.05) is 44.6 Å². The molecule has 0 radical (unpaired) electrons. The van der Waals surface area contributed by atoms with E-state index < -0.39 is 0 Å². The molecule has 2 aliphatic heterocycles. The zero-order chi connectivity index (χ0) is 20.4. The third-order valence-electron chi connectivity index (χ3n) is 5.82. The normalized spacial score (nSPS) is 24.6. The van der Waals surface area contributed by atoms with Crippen LogP contribution in [0.1, 0.15) is 26.7 Å². The van der Waals surface area contributed by atoms with Gasteiger partial charge in [0.05, 0.1) is 36.4 Å². The fraction of sp³-hybridized carbons (Fsp3) is 0.571. The van der Waals surface area contributed by atoms with Crippen LogP contribution in [0.2, 0.25) is 5.02 Å². The lowest BCUT2D eigenvalue weighted by atomic mass is 9.96. The first-order chi connectivity index (χ1) is 14.0. The average Bonchev–Trinajstić information content (AvgIpc) is 3.17. The number of rotatable bonds is 5. The van der Waals surface area contributed by atoms with E-state index >= 15 is 0 Å². The molecule has 2 fully saturated rings.